The number of esters is 1. The average molecular weight is 836 g/mol. The third kappa shape index (κ3) is 9.43. The second kappa shape index (κ2) is 18.1. The number of carbonyl (C=O) groups is 1. The summed E-state index contributed by atoms with van der Waals surface area (Å²) in [5.41, 5.74) is 11.9. The van der Waals surface area contributed by atoms with Crippen LogP contribution in [0.15, 0.2) is 120 Å². The van der Waals surface area contributed by atoms with Crippen LogP contribution in [0.2, 0.25) is 0 Å². The molecule has 0 saturated heterocycles. The minimum atomic E-state index is -3.78. The van der Waals surface area contributed by atoms with Crippen molar-refractivity contribution in [3.8, 4) is 0 Å². The van der Waals surface area contributed by atoms with Crippen LogP contribution in [-0.2, 0) is 19.6 Å². The van der Waals surface area contributed by atoms with Crippen molar-refractivity contribution in [2.45, 2.75) is 97.6 Å². The molecular formula is C52H59N4O4S+. The van der Waals surface area contributed by atoms with Gasteiger partial charge in [-0.15, -0.1) is 0 Å². The number of hydrogen-bond donors (Lipinski definition) is 4. The van der Waals surface area contributed by atoms with Gasteiger partial charge in [-0.2, -0.15) is 0 Å². The predicted molar refractivity (Wildman–Crippen MR) is 252 cm³/mol. The van der Waals surface area contributed by atoms with Gasteiger partial charge in [0, 0.05) is 33.5 Å². The highest BCUT2D eigenvalue weighted by Crippen LogP contribution is 2.41. The van der Waals surface area contributed by atoms with Gasteiger partial charge in [-0.05, 0) is 175 Å². The van der Waals surface area contributed by atoms with Gasteiger partial charge in [0.15, 0.2) is 0 Å². The normalized spacial score (nSPS) is 15.6. The van der Waals surface area contributed by atoms with E-state index < -0.39 is 15.4 Å². The highest BCUT2D eigenvalue weighted by molar-refractivity contribution is 7.89. The maximum absolute atomic E-state index is 13.4. The first-order valence-electron chi connectivity index (χ1n) is 21.4. The molecule has 1 saturated carbocycles. The molecule has 9 heteroatoms. The summed E-state index contributed by atoms with van der Waals surface area (Å²) in [7, 11) is -2.35. The second-order valence-electron chi connectivity index (χ2n) is 17.1. The number of nitrogens with one attached hydrogen (secondary N) is 4. The van der Waals surface area contributed by atoms with Crippen molar-refractivity contribution in [2.75, 3.05) is 23.0 Å². The molecule has 0 amide bonds. The van der Waals surface area contributed by atoms with E-state index in [9.17, 15) is 13.2 Å². The maximum Gasteiger partial charge on any atom is 0.311 e. The van der Waals surface area contributed by atoms with Crippen LogP contribution in [0.25, 0.3) is 10.8 Å². The zero-order valence-electron chi connectivity index (χ0n) is 36.7. The van der Waals surface area contributed by atoms with E-state index in [1.54, 1.807) is 12.1 Å². The van der Waals surface area contributed by atoms with Gasteiger partial charge in [0.05, 0.1) is 44.6 Å². The molecule has 61 heavy (non-hydrogen) atoms. The molecular weight excluding hydrogens is 777 g/mol. The van der Waals surface area contributed by atoms with E-state index in [1.807, 2.05) is 26.8 Å². The summed E-state index contributed by atoms with van der Waals surface area (Å²) in [6, 6.07) is 38.8. The molecule has 0 aliphatic heterocycles. The van der Waals surface area contributed by atoms with E-state index in [1.165, 1.54) is 29.3 Å². The first-order chi connectivity index (χ1) is 29.2. The number of fused-ring (bicyclic) bond motifs is 1. The molecule has 316 valence electrons. The summed E-state index contributed by atoms with van der Waals surface area (Å²) >= 11 is 0. The van der Waals surface area contributed by atoms with Crippen LogP contribution in [0.5, 0.6) is 0 Å². The molecule has 1 fully saturated rings. The van der Waals surface area contributed by atoms with Gasteiger partial charge >= 0.3 is 5.97 Å². The second-order valence-corrected chi connectivity index (χ2v) is 19.0. The lowest BCUT2D eigenvalue weighted by molar-refractivity contribution is -0.161. The molecule has 4 N–H and O–H groups in total. The van der Waals surface area contributed by atoms with Crippen molar-refractivity contribution in [1.29, 1.82) is 0 Å². The van der Waals surface area contributed by atoms with Gasteiger partial charge in [-0.3, -0.25) is 4.79 Å². The Kier molecular flexibility index (Phi) is 12.8. The van der Waals surface area contributed by atoms with Gasteiger partial charge in [-0.1, -0.05) is 49.7 Å². The van der Waals surface area contributed by atoms with Crippen LogP contribution < -0.4 is 20.7 Å². The Labute approximate surface area is 362 Å². The number of rotatable bonds is 14. The number of aryl methyl sites for hydroxylation is 4. The van der Waals surface area contributed by atoms with E-state index in [2.05, 4.69) is 145 Å². The zero-order valence-corrected chi connectivity index (χ0v) is 37.5. The lowest BCUT2D eigenvalue weighted by Gasteiger charge is -2.35. The first kappa shape index (κ1) is 43.3. The van der Waals surface area contributed by atoms with Crippen molar-refractivity contribution in [3.05, 3.63) is 160 Å². The van der Waals surface area contributed by atoms with Crippen molar-refractivity contribution in [3.63, 3.8) is 0 Å². The van der Waals surface area contributed by atoms with Gasteiger partial charge in [-0.25, -0.2) is 13.1 Å². The maximum atomic E-state index is 13.4. The number of ether oxygens (including phenoxy) is 1. The Hall–Kier alpha value is -5.77. The topological polar surface area (TPSA) is 109 Å². The summed E-state index contributed by atoms with van der Waals surface area (Å²) in [4.78, 5) is 13.5. The standard InChI is InChI=1S/C52H59N4O4S/c1-9-52(6,7)51(57)60-47-19-11-10-18-46(47)56-45-31-30-43(44-32-41(28-29-42(44)45)61(58,59)53-8)48(37-20-24-39(25-21-37)54-49-33(2)14-12-15-34(49)3)38-22-26-40(27-23-38)55-50-35(4)16-13-17-36(50)5/h12-17,20-32,46-47,53-56H,9-11,18-19H2,1-8H3/q+1. The lowest BCUT2D eigenvalue weighted by Crippen LogP contribution is -2.42. The number of hydrogen-bond acceptors (Lipinski definition) is 7. The molecule has 0 aromatic heterocycles. The molecule has 2 unspecified atom stereocenters. The fourth-order valence-electron chi connectivity index (χ4n) is 8.23. The lowest BCUT2D eigenvalue weighted by atomic mass is 9.82. The van der Waals surface area contributed by atoms with Crippen molar-refractivity contribution >= 4 is 55.2 Å². The molecule has 0 heterocycles. The fraction of sp³-hybridized carbons (Fsp3) is 0.308. The van der Waals surface area contributed by atoms with Crippen LogP contribution >= 0.6 is 0 Å². The molecule has 1 aliphatic rings. The largest absolute Gasteiger partial charge is 0.460 e. The SMILES string of the molecule is CCC(C)(C)C(=O)OC1CCCCC1Nc1ccc([C+](c2ccc(Nc3c(C)cccc3C)cc2)c2ccc(Nc3c(C)cccc3C)cc2)c2cc(S(=O)(=O)NC)ccc12. The quantitative estimate of drug-likeness (QED) is 0.0491. The molecule has 6 aromatic carbocycles. The monoisotopic (exact) mass is 835 g/mol. The number of benzene rings is 6. The average Bonchev–Trinajstić information content (AvgIpc) is 3.25. The predicted octanol–water partition coefficient (Wildman–Crippen LogP) is 12.2. The van der Waals surface area contributed by atoms with Crippen LogP contribution in [0.1, 0.15) is 91.8 Å². The Bertz CT molecular complexity index is 2500. The van der Waals surface area contributed by atoms with Crippen LogP contribution in [0, 0.1) is 39.0 Å². The van der Waals surface area contributed by atoms with Crippen LogP contribution in [-0.4, -0.2) is 33.6 Å². The number of carbonyl (C=O) groups excluding carboxylic acids is 1. The Morgan fingerprint density at radius 2 is 1.23 bits per heavy atom. The third-order valence-electron chi connectivity index (χ3n) is 12.4. The number of anilines is 5. The molecule has 0 bridgehead atoms. The van der Waals surface area contributed by atoms with E-state index >= 15 is 0 Å². The summed E-state index contributed by atoms with van der Waals surface area (Å²) in [6.45, 7) is 14.3. The number of para-hydroxylation sites is 2. The van der Waals surface area contributed by atoms with Crippen LogP contribution in [0.3, 0.4) is 0 Å². The molecule has 1 aliphatic carbocycles. The molecule has 7 rings (SSSR count). The molecule has 6 aromatic rings. The minimum Gasteiger partial charge on any atom is -0.460 e. The Morgan fingerprint density at radius 1 is 0.705 bits per heavy atom. The smallest absolute Gasteiger partial charge is 0.311 e. The summed E-state index contributed by atoms with van der Waals surface area (Å²) < 4.78 is 35.5. The van der Waals surface area contributed by atoms with Gasteiger partial charge in [0.1, 0.15) is 6.10 Å². The summed E-state index contributed by atoms with van der Waals surface area (Å²) in [5.74, 6) is 0.777. The van der Waals surface area contributed by atoms with Gasteiger partial charge in [0.2, 0.25) is 10.0 Å². The highest BCUT2D eigenvalue weighted by atomic mass is 32.2. The number of sulfonamides is 1. The summed E-state index contributed by atoms with van der Waals surface area (Å²) in [5, 5.41) is 12.7. The van der Waals surface area contributed by atoms with E-state index in [4.69, 9.17) is 4.74 Å². The molecule has 0 radical (unpaired) electrons. The highest BCUT2D eigenvalue weighted by Gasteiger charge is 2.35. The zero-order chi connectivity index (χ0) is 43.5. The van der Waals surface area contributed by atoms with Crippen molar-refractivity contribution in [1.82, 2.24) is 4.72 Å². The fourth-order valence-corrected chi connectivity index (χ4v) is 8.99. The van der Waals surface area contributed by atoms with Gasteiger partial charge in [0.25, 0.3) is 0 Å². The van der Waals surface area contributed by atoms with E-state index in [0.29, 0.717) is 6.42 Å². The van der Waals surface area contributed by atoms with Crippen molar-refractivity contribution in [2.24, 2.45) is 5.41 Å². The Balaban J connectivity index is 1.34. The van der Waals surface area contributed by atoms with E-state index in [-0.39, 0.29) is 23.0 Å². The minimum absolute atomic E-state index is 0.0996. The van der Waals surface area contributed by atoms with E-state index in [0.717, 1.165) is 87.5 Å². The summed E-state index contributed by atoms with van der Waals surface area (Å²) in [6.07, 6.45) is 4.05. The van der Waals surface area contributed by atoms with Gasteiger partial charge < -0.3 is 20.7 Å². The van der Waals surface area contributed by atoms with Crippen LogP contribution in [0.4, 0.5) is 28.4 Å². The Morgan fingerprint density at radius 3 is 1.74 bits per heavy atom. The first-order valence-corrected chi connectivity index (χ1v) is 22.9. The van der Waals surface area contributed by atoms with Crippen molar-refractivity contribution < 1.29 is 17.9 Å². The molecule has 8 nitrogen and oxygen atoms in total. The molecule has 0 spiro atoms. The third-order valence-corrected chi connectivity index (χ3v) is 13.8. The molecule has 2 atom stereocenters.